The van der Waals surface area contributed by atoms with Crippen molar-refractivity contribution in [3.63, 3.8) is 0 Å². The van der Waals surface area contributed by atoms with E-state index in [4.69, 9.17) is 10.3 Å². The Morgan fingerprint density at radius 1 is 1.50 bits per heavy atom. The van der Waals surface area contributed by atoms with Crippen molar-refractivity contribution in [2.24, 2.45) is 11.7 Å². The number of hydrogen-bond acceptors (Lipinski definition) is 4. The first-order valence-corrected chi connectivity index (χ1v) is 5.26. The topological polar surface area (TPSA) is 64.9 Å². The van der Waals surface area contributed by atoms with E-state index in [1.807, 2.05) is 0 Å². The van der Waals surface area contributed by atoms with Gasteiger partial charge < -0.3 is 10.3 Å². The first kappa shape index (κ1) is 9.65. The van der Waals surface area contributed by atoms with E-state index in [1.54, 1.807) is 0 Å². The summed E-state index contributed by atoms with van der Waals surface area (Å²) in [5, 5.41) is 3.92. The van der Waals surface area contributed by atoms with E-state index in [2.05, 4.69) is 24.0 Å². The fraction of sp³-hybridized carbons (Fsp3) is 0.800. The van der Waals surface area contributed by atoms with Gasteiger partial charge in [-0.1, -0.05) is 19.0 Å². The third-order valence-corrected chi connectivity index (χ3v) is 2.44. The molecule has 4 heteroatoms. The second-order valence-corrected chi connectivity index (χ2v) is 4.50. The maximum absolute atomic E-state index is 5.94. The molecule has 2 rings (SSSR count). The fourth-order valence-corrected chi connectivity index (χ4v) is 1.51. The average Bonchev–Trinajstić information content (AvgIpc) is 2.82. The number of nitrogens with two attached hydrogens (primary N) is 1. The van der Waals surface area contributed by atoms with Crippen LogP contribution in [0.1, 0.15) is 56.8 Å². The van der Waals surface area contributed by atoms with Crippen molar-refractivity contribution in [2.45, 2.75) is 45.1 Å². The monoisotopic (exact) mass is 195 g/mol. The minimum absolute atomic E-state index is 0.0775. The Morgan fingerprint density at radius 3 is 2.79 bits per heavy atom. The maximum atomic E-state index is 5.94. The Kier molecular flexibility index (Phi) is 2.54. The molecule has 0 radical (unpaired) electrons. The number of rotatable bonds is 4. The van der Waals surface area contributed by atoms with Gasteiger partial charge in [0.25, 0.3) is 0 Å². The molecule has 1 saturated carbocycles. The van der Waals surface area contributed by atoms with E-state index < -0.39 is 0 Å². The van der Waals surface area contributed by atoms with Crippen LogP contribution in [0.25, 0.3) is 0 Å². The Morgan fingerprint density at radius 2 is 2.21 bits per heavy atom. The van der Waals surface area contributed by atoms with Gasteiger partial charge in [-0.15, -0.1) is 0 Å². The maximum Gasteiger partial charge on any atom is 0.229 e. The van der Waals surface area contributed by atoms with Gasteiger partial charge in [0, 0.05) is 5.92 Å². The highest BCUT2D eigenvalue weighted by atomic mass is 16.5. The van der Waals surface area contributed by atoms with Crippen LogP contribution in [-0.4, -0.2) is 10.1 Å². The molecule has 2 N–H and O–H groups in total. The van der Waals surface area contributed by atoms with Gasteiger partial charge in [0.2, 0.25) is 5.89 Å². The molecule has 14 heavy (non-hydrogen) atoms. The molecule has 0 amide bonds. The van der Waals surface area contributed by atoms with Gasteiger partial charge in [-0.2, -0.15) is 4.98 Å². The summed E-state index contributed by atoms with van der Waals surface area (Å²) in [6, 6.07) is -0.0775. The molecule has 1 unspecified atom stereocenters. The number of aromatic nitrogens is 2. The van der Waals surface area contributed by atoms with Crippen molar-refractivity contribution in [3.8, 4) is 0 Å². The summed E-state index contributed by atoms with van der Waals surface area (Å²) >= 11 is 0. The summed E-state index contributed by atoms with van der Waals surface area (Å²) in [6.45, 7) is 4.28. The zero-order valence-corrected chi connectivity index (χ0v) is 8.73. The molecule has 0 saturated heterocycles. The molecule has 0 bridgehead atoms. The molecule has 1 aromatic rings. The van der Waals surface area contributed by atoms with E-state index in [-0.39, 0.29) is 6.04 Å². The molecule has 1 heterocycles. The highest BCUT2D eigenvalue weighted by molar-refractivity contribution is 5.03. The van der Waals surface area contributed by atoms with E-state index >= 15 is 0 Å². The minimum atomic E-state index is -0.0775. The molecule has 78 valence electrons. The largest absolute Gasteiger partial charge is 0.339 e. The molecule has 4 nitrogen and oxygen atoms in total. The van der Waals surface area contributed by atoms with E-state index in [9.17, 15) is 0 Å². The first-order valence-electron chi connectivity index (χ1n) is 5.26. The van der Waals surface area contributed by atoms with Crippen molar-refractivity contribution in [3.05, 3.63) is 11.7 Å². The van der Waals surface area contributed by atoms with Crippen LogP contribution in [0.3, 0.4) is 0 Å². The molecule has 0 spiro atoms. The van der Waals surface area contributed by atoms with Gasteiger partial charge in [-0.25, -0.2) is 0 Å². The van der Waals surface area contributed by atoms with Crippen molar-refractivity contribution in [1.82, 2.24) is 10.1 Å². The second kappa shape index (κ2) is 3.69. The Bertz CT molecular complexity index is 304. The van der Waals surface area contributed by atoms with Crippen LogP contribution in [0, 0.1) is 5.92 Å². The second-order valence-electron chi connectivity index (χ2n) is 4.50. The zero-order chi connectivity index (χ0) is 10.1. The van der Waals surface area contributed by atoms with Crippen LogP contribution in [0.5, 0.6) is 0 Å². The number of hydrogen-bond donors (Lipinski definition) is 1. The fourth-order valence-electron chi connectivity index (χ4n) is 1.51. The number of nitrogens with zero attached hydrogens (tertiary/aromatic N) is 2. The molecular formula is C10H17N3O. The lowest BCUT2D eigenvalue weighted by molar-refractivity contribution is 0.366. The smallest absolute Gasteiger partial charge is 0.229 e. The van der Waals surface area contributed by atoms with Crippen molar-refractivity contribution < 1.29 is 4.52 Å². The molecule has 0 aliphatic heterocycles. The van der Waals surface area contributed by atoms with Crippen LogP contribution in [0.15, 0.2) is 4.52 Å². The predicted molar refractivity (Wildman–Crippen MR) is 52.7 cm³/mol. The third kappa shape index (κ3) is 2.12. The minimum Gasteiger partial charge on any atom is -0.339 e. The molecule has 0 aromatic carbocycles. The predicted octanol–water partition coefficient (Wildman–Crippen LogP) is 1.99. The molecule has 1 atom stereocenters. The van der Waals surface area contributed by atoms with Crippen LogP contribution in [0.2, 0.25) is 0 Å². The molecule has 1 fully saturated rings. The summed E-state index contributed by atoms with van der Waals surface area (Å²) in [6.07, 6.45) is 3.27. The Labute approximate surface area is 83.9 Å². The van der Waals surface area contributed by atoms with Crippen LogP contribution >= 0.6 is 0 Å². The summed E-state index contributed by atoms with van der Waals surface area (Å²) in [5.74, 6) is 2.52. The van der Waals surface area contributed by atoms with Gasteiger partial charge in [0.15, 0.2) is 5.82 Å². The zero-order valence-electron chi connectivity index (χ0n) is 8.73. The first-order chi connectivity index (χ1) is 6.66. The molecule has 1 aromatic heterocycles. The SMILES string of the molecule is CC(C)CC(N)c1noc(C2CC2)n1. The van der Waals surface area contributed by atoms with Gasteiger partial charge in [-0.05, 0) is 25.2 Å². The normalized spacial score (nSPS) is 18.9. The van der Waals surface area contributed by atoms with Crippen LogP contribution < -0.4 is 5.73 Å². The highest BCUT2D eigenvalue weighted by Crippen LogP contribution is 2.39. The lowest BCUT2D eigenvalue weighted by atomic mass is 10.0. The van der Waals surface area contributed by atoms with Gasteiger partial charge in [0.05, 0.1) is 6.04 Å². The van der Waals surface area contributed by atoms with E-state index in [0.717, 1.165) is 12.3 Å². The van der Waals surface area contributed by atoms with Crippen LogP contribution in [0.4, 0.5) is 0 Å². The van der Waals surface area contributed by atoms with Crippen molar-refractivity contribution in [1.29, 1.82) is 0 Å². The summed E-state index contributed by atoms with van der Waals surface area (Å²) in [4.78, 5) is 4.32. The standard InChI is InChI=1S/C10H17N3O/c1-6(2)5-8(11)9-12-10(14-13-9)7-3-4-7/h6-8H,3-5,11H2,1-2H3. The summed E-state index contributed by atoms with van der Waals surface area (Å²) in [5.41, 5.74) is 5.94. The Hall–Kier alpha value is -0.900. The average molecular weight is 195 g/mol. The van der Waals surface area contributed by atoms with Gasteiger partial charge in [-0.3, -0.25) is 0 Å². The molecule has 1 aliphatic rings. The van der Waals surface area contributed by atoms with Crippen LogP contribution in [-0.2, 0) is 0 Å². The lowest BCUT2D eigenvalue weighted by Crippen LogP contribution is -2.14. The van der Waals surface area contributed by atoms with Crippen molar-refractivity contribution in [2.75, 3.05) is 0 Å². The third-order valence-electron chi connectivity index (χ3n) is 2.44. The van der Waals surface area contributed by atoms with Gasteiger partial charge in [0.1, 0.15) is 0 Å². The quantitative estimate of drug-likeness (QED) is 0.798. The summed E-state index contributed by atoms with van der Waals surface area (Å²) < 4.78 is 5.15. The Balaban J connectivity index is 2.00. The van der Waals surface area contributed by atoms with E-state index in [0.29, 0.717) is 17.7 Å². The molecule has 1 aliphatic carbocycles. The highest BCUT2D eigenvalue weighted by Gasteiger charge is 2.30. The molecular weight excluding hydrogens is 178 g/mol. The van der Waals surface area contributed by atoms with E-state index in [1.165, 1.54) is 12.8 Å². The lowest BCUT2D eigenvalue weighted by Gasteiger charge is -2.08. The summed E-state index contributed by atoms with van der Waals surface area (Å²) in [7, 11) is 0. The van der Waals surface area contributed by atoms with Crippen molar-refractivity contribution >= 4 is 0 Å². The van der Waals surface area contributed by atoms with Gasteiger partial charge >= 0.3 is 0 Å².